The minimum atomic E-state index is -0.243. The number of nitrogens with one attached hydrogen (secondary N) is 2. The first-order chi connectivity index (χ1) is 18.6. The number of H-pyrrole nitrogens is 1. The van der Waals surface area contributed by atoms with Crippen LogP contribution in [0.4, 0.5) is 5.69 Å². The van der Waals surface area contributed by atoms with Crippen molar-refractivity contribution < 1.29 is 4.79 Å². The van der Waals surface area contributed by atoms with E-state index in [-0.39, 0.29) is 5.91 Å². The molecule has 2 saturated heterocycles. The smallest absolute Gasteiger partial charge is 0.276 e. The average molecular weight is 513 g/mol. The molecule has 1 atom stereocenters. The summed E-state index contributed by atoms with van der Waals surface area (Å²) < 4.78 is 0. The third-order valence-electron chi connectivity index (χ3n) is 7.84. The maximum Gasteiger partial charge on any atom is 0.276 e. The fourth-order valence-electron chi connectivity index (χ4n) is 5.68. The summed E-state index contributed by atoms with van der Waals surface area (Å²) in [7, 11) is 2.18. The molecule has 0 spiro atoms. The quantitative estimate of drug-likeness (QED) is 0.505. The molecule has 3 aromatic rings. The van der Waals surface area contributed by atoms with Gasteiger partial charge in [0.05, 0.1) is 17.4 Å². The number of anilines is 1. The summed E-state index contributed by atoms with van der Waals surface area (Å²) in [4.78, 5) is 29.6. The molecule has 9 nitrogen and oxygen atoms in total. The maximum atomic E-state index is 13.2. The molecule has 0 bridgehead atoms. The van der Waals surface area contributed by atoms with Crippen LogP contribution >= 0.6 is 0 Å². The van der Waals surface area contributed by atoms with Gasteiger partial charge in [0, 0.05) is 69.5 Å². The Kier molecular flexibility index (Phi) is 7.31. The van der Waals surface area contributed by atoms with Gasteiger partial charge < -0.3 is 15.1 Å². The predicted molar refractivity (Wildman–Crippen MR) is 152 cm³/mol. The highest BCUT2D eigenvalue weighted by Gasteiger charge is 2.21. The highest BCUT2D eigenvalue weighted by molar-refractivity contribution is 6.14. The van der Waals surface area contributed by atoms with Crippen molar-refractivity contribution in [1.29, 1.82) is 0 Å². The van der Waals surface area contributed by atoms with Gasteiger partial charge in [0.2, 0.25) is 0 Å². The number of rotatable bonds is 7. The zero-order chi connectivity index (χ0) is 25.9. The molecule has 0 radical (unpaired) electrons. The number of hydrogen-bond acceptors (Lipinski definition) is 7. The van der Waals surface area contributed by atoms with Gasteiger partial charge in [0.1, 0.15) is 0 Å². The number of benzene rings is 1. The second kappa shape index (κ2) is 11.1. The van der Waals surface area contributed by atoms with E-state index in [1.165, 1.54) is 12.8 Å². The van der Waals surface area contributed by atoms with Crippen LogP contribution in [-0.2, 0) is 6.54 Å². The number of likely N-dealkylation sites (tertiary alicyclic amines) is 1. The van der Waals surface area contributed by atoms with Gasteiger partial charge in [-0.15, -0.1) is 0 Å². The van der Waals surface area contributed by atoms with Gasteiger partial charge >= 0.3 is 0 Å². The lowest BCUT2D eigenvalue weighted by Gasteiger charge is -2.34. The third kappa shape index (κ3) is 5.70. The monoisotopic (exact) mass is 512 g/mol. The molecule has 3 aliphatic rings. The fraction of sp³-hybridized carbons (Fsp3) is 0.448. The molecule has 198 valence electrons. The normalized spacial score (nSPS) is 21.2. The largest absolute Gasteiger partial charge is 0.319 e. The average Bonchev–Trinajstić information content (AvgIpc) is 3.60. The van der Waals surface area contributed by atoms with E-state index < -0.39 is 0 Å². The molecular weight excluding hydrogens is 476 g/mol. The minimum Gasteiger partial charge on any atom is -0.319 e. The van der Waals surface area contributed by atoms with Crippen LogP contribution in [0.1, 0.15) is 34.5 Å². The van der Waals surface area contributed by atoms with Gasteiger partial charge in [-0.1, -0.05) is 12.1 Å². The van der Waals surface area contributed by atoms with Crippen LogP contribution in [0, 0.1) is 5.92 Å². The second-order valence-corrected chi connectivity index (χ2v) is 10.8. The van der Waals surface area contributed by atoms with E-state index in [0.717, 1.165) is 86.5 Å². The lowest BCUT2D eigenvalue weighted by Crippen LogP contribution is -2.46. The molecule has 1 aromatic carbocycles. The maximum absolute atomic E-state index is 13.2. The zero-order valence-corrected chi connectivity index (χ0v) is 22.1. The first-order valence-electron chi connectivity index (χ1n) is 13.7. The van der Waals surface area contributed by atoms with Crippen LogP contribution < -0.4 is 5.32 Å². The summed E-state index contributed by atoms with van der Waals surface area (Å²) in [5.74, 6) is 0.148. The molecule has 5 heterocycles. The van der Waals surface area contributed by atoms with E-state index in [9.17, 15) is 4.79 Å². The van der Waals surface area contributed by atoms with Gasteiger partial charge in [0.25, 0.3) is 5.91 Å². The van der Waals surface area contributed by atoms with Crippen molar-refractivity contribution in [2.24, 2.45) is 10.9 Å². The number of carbonyl (C=O) groups excluding carboxylic acids is 1. The molecule has 6 rings (SSSR count). The number of nitrogens with zero attached hydrogens (tertiary/aromatic N) is 6. The minimum absolute atomic E-state index is 0.243. The predicted octanol–water partition coefficient (Wildman–Crippen LogP) is 3.14. The Morgan fingerprint density at radius 3 is 2.74 bits per heavy atom. The molecule has 0 aliphatic carbocycles. The zero-order valence-electron chi connectivity index (χ0n) is 22.1. The Bertz CT molecular complexity index is 1350. The number of carbonyl (C=O) groups is 1. The molecule has 3 aliphatic heterocycles. The molecule has 2 N–H and O–H groups in total. The number of amides is 1. The fourth-order valence-corrected chi connectivity index (χ4v) is 5.68. The molecular formula is C29H36N8O. The molecule has 2 aromatic heterocycles. The topological polar surface area (TPSA) is 92.7 Å². The van der Waals surface area contributed by atoms with Crippen molar-refractivity contribution in [3.05, 3.63) is 59.6 Å². The van der Waals surface area contributed by atoms with E-state index in [1.54, 1.807) is 6.20 Å². The standard InChI is InChI=1S/C29H36N8O/c1-35-8-10-37(11-9-35)19-21-12-24(17-30-15-21)23-4-5-27-26(14-23)28(34-33-27)29(38)32-25-13-22(16-31-18-25)20-36-6-2-3-7-36/h4-5,12-14,16-18,21H,2-3,6-11,15,19-20H2,1H3,(H,32,38)(H,33,34). The van der Waals surface area contributed by atoms with Crippen molar-refractivity contribution >= 4 is 34.3 Å². The lowest BCUT2D eigenvalue weighted by molar-refractivity contribution is 0.102. The third-order valence-corrected chi connectivity index (χ3v) is 7.84. The van der Waals surface area contributed by atoms with Gasteiger partial charge in [-0.3, -0.25) is 24.8 Å². The van der Waals surface area contributed by atoms with Crippen LogP contribution in [0.3, 0.4) is 0 Å². The van der Waals surface area contributed by atoms with Crippen LogP contribution in [0.25, 0.3) is 16.5 Å². The molecule has 0 saturated carbocycles. The molecule has 9 heteroatoms. The Hall–Kier alpha value is -3.40. The van der Waals surface area contributed by atoms with Gasteiger partial charge in [-0.25, -0.2) is 0 Å². The number of piperazine rings is 1. The summed E-state index contributed by atoms with van der Waals surface area (Å²) >= 11 is 0. The Morgan fingerprint density at radius 2 is 1.89 bits per heavy atom. The molecule has 1 unspecified atom stereocenters. The first kappa shape index (κ1) is 24.9. The Labute approximate surface area is 223 Å². The highest BCUT2D eigenvalue weighted by Crippen LogP contribution is 2.26. The SMILES string of the molecule is CN1CCN(CC2C=C(c3ccc4[nH]nc(C(=O)Nc5cncc(CN6CCCC6)c5)c4c3)C=NC2)CC1. The first-order valence-corrected chi connectivity index (χ1v) is 13.7. The highest BCUT2D eigenvalue weighted by atomic mass is 16.1. The lowest BCUT2D eigenvalue weighted by atomic mass is 9.96. The number of aliphatic imine (C=N–C) groups is 1. The summed E-state index contributed by atoms with van der Waals surface area (Å²) in [6.45, 7) is 9.40. The van der Waals surface area contributed by atoms with E-state index in [4.69, 9.17) is 0 Å². The Balaban J connectivity index is 1.17. The molecule has 38 heavy (non-hydrogen) atoms. The number of fused-ring (bicyclic) bond motifs is 1. The van der Waals surface area contributed by atoms with Gasteiger partial charge in [-0.05, 0) is 67.9 Å². The van der Waals surface area contributed by atoms with E-state index in [0.29, 0.717) is 17.3 Å². The van der Waals surface area contributed by atoms with E-state index >= 15 is 0 Å². The van der Waals surface area contributed by atoms with Crippen LogP contribution in [0.15, 0.2) is 47.7 Å². The Morgan fingerprint density at radius 1 is 1.05 bits per heavy atom. The number of aromatic amines is 1. The van der Waals surface area contributed by atoms with E-state index in [2.05, 4.69) is 59.4 Å². The summed E-state index contributed by atoms with van der Waals surface area (Å²) in [5.41, 5.74) is 5.16. The number of allylic oxidation sites excluding steroid dienone is 1. The summed E-state index contributed by atoms with van der Waals surface area (Å²) in [6.07, 6.45) is 10.4. The van der Waals surface area contributed by atoms with Crippen LogP contribution in [0.2, 0.25) is 0 Å². The molecule has 2 fully saturated rings. The second-order valence-electron chi connectivity index (χ2n) is 10.8. The number of likely N-dealkylation sites (N-methyl/N-ethyl adjacent to an activating group) is 1. The van der Waals surface area contributed by atoms with E-state index in [1.807, 2.05) is 30.6 Å². The summed E-state index contributed by atoms with van der Waals surface area (Å²) in [6, 6.07) is 8.12. The van der Waals surface area contributed by atoms with Crippen LogP contribution in [0.5, 0.6) is 0 Å². The van der Waals surface area contributed by atoms with Crippen molar-refractivity contribution in [2.75, 3.05) is 64.7 Å². The van der Waals surface area contributed by atoms with Crippen molar-refractivity contribution in [3.63, 3.8) is 0 Å². The van der Waals surface area contributed by atoms with Crippen molar-refractivity contribution in [3.8, 4) is 0 Å². The van der Waals surface area contributed by atoms with Crippen LogP contribution in [-0.4, -0.2) is 101 Å². The van der Waals surface area contributed by atoms with Crippen molar-refractivity contribution in [2.45, 2.75) is 19.4 Å². The number of aromatic nitrogens is 3. The van der Waals surface area contributed by atoms with Crippen molar-refractivity contribution in [1.82, 2.24) is 29.9 Å². The van der Waals surface area contributed by atoms with Gasteiger partial charge in [0.15, 0.2) is 5.69 Å². The number of hydrogen-bond donors (Lipinski definition) is 2. The number of pyridine rings is 1. The summed E-state index contributed by atoms with van der Waals surface area (Å²) in [5, 5.41) is 11.2. The molecule has 1 amide bonds. The number of dihydropyridines is 1. The van der Waals surface area contributed by atoms with Gasteiger partial charge in [-0.2, -0.15) is 5.10 Å².